The molecule has 1 aromatic heterocycles. The highest BCUT2D eigenvalue weighted by atomic mass is 16.5. The van der Waals surface area contributed by atoms with Crippen LogP contribution >= 0.6 is 0 Å². The predicted octanol–water partition coefficient (Wildman–Crippen LogP) is 1.90. The van der Waals surface area contributed by atoms with Crippen molar-refractivity contribution in [3.63, 3.8) is 0 Å². The van der Waals surface area contributed by atoms with E-state index in [4.69, 9.17) is 14.7 Å². The second-order valence-electron chi connectivity index (χ2n) is 3.29. The van der Waals surface area contributed by atoms with Crippen LogP contribution in [0.5, 0.6) is 0 Å². The monoisotopic (exact) mass is 220 g/mol. The Bertz CT molecular complexity index is 347. The van der Waals surface area contributed by atoms with E-state index in [1.807, 2.05) is 12.1 Å². The SMILES string of the molecule is CCCOCCOCc1cccnc1C#N. The third kappa shape index (κ3) is 4.39. The summed E-state index contributed by atoms with van der Waals surface area (Å²) in [5.41, 5.74) is 1.25. The number of nitrogens with zero attached hydrogens (tertiary/aromatic N) is 2. The van der Waals surface area contributed by atoms with Crippen molar-refractivity contribution in [3.05, 3.63) is 29.6 Å². The first-order valence-electron chi connectivity index (χ1n) is 5.38. The van der Waals surface area contributed by atoms with Crippen molar-refractivity contribution in [3.8, 4) is 6.07 Å². The van der Waals surface area contributed by atoms with Gasteiger partial charge in [-0.05, 0) is 12.5 Å². The Balaban J connectivity index is 2.24. The van der Waals surface area contributed by atoms with Gasteiger partial charge in [0.2, 0.25) is 0 Å². The highest BCUT2D eigenvalue weighted by Gasteiger charge is 2.01. The molecule has 0 spiro atoms. The Hall–Kier alpha value is -1.44. The lowest BCUT2D eigenvalue weighted by Crippen LogP contribution is -2.05. The number of rotatable bonds is 7. The Morgan fingerprint density at radius 3 is 2.88 bits per heavy atom. The van der Waals surface area contributed by atoms with Crippen molar-refractivity contribution in [2.24, 2.45) is 0 Å². The van der Waals surface area contributed by atoms with Crippen molar-refractivity contribution in [2.75, 3.05) is 19.8 Å². The van der Waals surface area contributed by atoms with Gasteiger partial charge in [-0.2, -0.15) is 5.26 Å². The maximum atomic E-state index is 8.80. The number of pyridine rings is 1. The molecule has 0 radical (unpaired) electrons. The van der Waals surface area contributed by atoms with Crippen molar-refractivity contribution < 1.29 is 9.47 Å². The van der Waals surface area contributed by atoms with E-state index < -0.39 is 0 Å². The molecule has 0 aliphatic rings. The summed E-state index contributed by atoms with van der Waals surface area (Å²) in [7, 11) is 0. The molecule has 1 aromatic rings. The van der Waals surface area contributed by atoms with Crippen LogP contribution in [0.3, 0.4) is 0 Å². The minimum atomic E-state index is 0.409. The molecule has 0 atom stereocenters. The van der Waals surface area contributed by atoms with E-state index in [-0.39, 0.29) is 0 Å². The molecule has 0 bridgehead atoms. The van der Waals surface area contributed by atoms with Gasteiger partial charge in [-0.1, -0.05) is 13.0 Å². The lowest BCUT2D eigenvalue weighted by Gasteiger charge is -2.05. The van der Waals surface area contributed by atoms with Gasteiger partial charge in [-0.25, -0.2) is 4.98 Å². The summed E-state index contributed by atoms with van der Waals surface area (Å²) in [4.78, 5) is 3.95. The summed E-state index contributed by atoms with van der Waals surface area (Å²) in [6, 6.07) is 5.68. The molecular weight excluding hydrogens is 204 g/mol. The average molecular weight is 220 g/mol. The van der Waals surface area contributed by atoms with Gasteiger partial charge in [-0.15, -0.1) is 0 Å². The molecule has 0 aliphatic carbocycles. The smallest absolute Gasteiger partial charge is 0.145 e. The Kier molecular flexibility index (Phi) is 6.16. The fraction of sp³-hybridized carbons (Fsp3) is 0.500. The van der Waals surface area contributed by atoms with Gasteiger partial charge in [0, 0.05) is 18.4 Å². The Morgan fingerprint density at radius 1 is 1.31 bits per heavy atom. The lowest BCUT2D eigenvalue weighted by molar-refractivity contribution is 0.0407. The molecular formula is C12H16N2O2. The molecule has 0 aliphatic heterocycles. The Morgan fingerprint density at radius 2 is 2.12 bits per heavy atom. The van der Waals surface area contributed by atoms with Crippen molar-refractivity contribution in [1.29, 1.82) is 5.26 Å². The fourth-order valence-corrected chi connectivity index (χ4v) is 1.20. The first-order valence-corrected chi connectivity index (χ1v) is 5.38. The van der Waals surface area contributed by atoms with Crippen molar-refractivity contribution >= 4 is 0 Å². The standard InChI is InChI=1S/C12H16N2O2/c1-2-6-15-7-8-16-10-11-4-3-5-14-12(11)9-13/h3-5H,2,6-8,10H2,1H3. The number of hydrogen-bond acceptors (Lipinski definition) is 4. The first-order chi connectivity index (χ1) is 7.88. The van der Waals surface area contributed by atoms with Gasteiger partial charge < -0.3 is 9.47 Å². The summed E-state index contributed by atoms with van der Waals surface area (Å²) in [6.07, 6.45) is 2.62. The number of ether oxygens (including phenoxy) is 2. The van der Waals surface area contributed by atoms with Crippen molar-refractivity contribution in [1.82, 2.24) is 4.98 Å². The second-order valence-corrected chi connectivity index (χ2v) is 3.29. The van der Waals surface area contributed by atoms with E-state index in [0.717, 1.165) is 18.6 Å². The van der Waals surface area contributed by atoms with Crippen LogP contribution in [0.15, 0.2) is 18.3 Å². The zero-order valence-corrected chi connectivity index (χ0v) is 9.48. The normalized spacial score (nSPS) is 10.0. The molecule has 86 valence electrons. The molecule has 1 rings (SSSR count). The quantitative estimate of drug-likeness (QED) is 0.658. The molecule has 16 heavy (non-hydrogen) atoms. The summed E-state index contributed by atoms with van der Waals surface area (Å²) in [5.74, 6) is 0. The molecule has 4 nitrogen and oxygen atoms in total. The summed E-state index contributed by atoms with van der Waals surface area (Å²) in [5, 5.41) is 8.80. The van der Waals surface area contributed by atoms with Gasteiger partial charge in [0.15, 0.2) is 0 Å². The lowest BCUT2D eigenvalue weighted by atomic mass is 10.2. The van der Waals surface area contributed by atoms with Crippen LogP contribution < -0.4 is 0 Å². The predicted molar refractivity (Wildman–Crippen MR) is 59.7 cm³/mol. The third-order valence-electron chi connectivity index (χ3n) is 1.98. The maximum Gasteiger partial charge on any atom is 0.145 e. The van der Waals surface area contributed by atoms with E-state index in [0.29, 0.717) is 25.5 Å². The minimum Gasteiger partial charge on any atom is -0.379 e. The van der Waals surface area contributed by atoms with Gasteiger partial charge in [0.25, 0.3) is 0 Å². The average Bonchev–Trinajstić information content (AvgIpc) is 2.34. The Labute approximate surface area is 95.8 Å². The van der Waals surface area contributed by atoms with Crippen LogP contribution in [0.4, 0.5) is 0 Å². The van der Waals surface area contributed by atoms with Crippen LogP contribution in [-0.4, -0.2) is 24.8 Å². The fourth-order valence-electron chi connectivity index (χ4n) is 1.20. The van der Waals surface area contributed by atoms with E-state index in [2.05, 4.69) is 11.9 Å². The number of aromatic nitrogens is 1. The topological polar surface area (TPSA) is 55.1 Å². The highest BCUT2D eigenvalue weighted by Crippen LogP contribution is 2.05. The first kappa shape index (κ1) is 12.6. The molecule has 0 amide bonds. The highest BCUT2D eigenvalue weighted by molar-refractivity contribution is 5.29. The van der Waals surface area contributed by atoms with Crippen LogP contribution in [0.2, 0.25) is 0 Å². The van der Waals surface area contributed by atoms with E-state index >= 15 is 0 Å². The van der Waals surface area contributed by atoms with Crippen LogP contribution in [0, 0.1) is 11.3 Å². The molecule has 0 fully saturated rings. The summed E-state index contributed by atoms with van der Waals surface area (Å²) >= 11 is 0. The van der Waals surface area contributed by atoms with Gasteiger partial charge >= 0.3 is 0 Å². The van der Waals surface area contributed by atoms with Gasteiger partial charge in [-0.3, -0.25) is 0 Å². The van der Waals surface area contributed by atoms with E-state index in [9.17, 15) is 0 Å². The zero-order chi connectivity index (χ0) is 11.6. The van der Waals surface area contributed by atoms with Crippen LogP contribution in [0.1, 0.15) is 24.6 Å². The maximum absolute atomic E-state index is 8.80. The molecule has 0 N–H and O–H groups in total. The molecule has 0 saturated carbocycles. The molecule has 4 heteroatoms. The van der Waals surface area contributed by atoms with Crippen molar-refractivity contribution in [2.45, 2.75) is 20.0 Å². The summed E-state index contributed by atoms with van der Waals surface area (Å²) in [6.45, 7) is 4.37. The molecule has 0 unspecified atom stereocenters. The van der Waals surface area contributed by atoms with Gasteiger partial charge in [0.1, 0.15) is 11.8 Å². The minimum absolute atomic E-state index is 0.409. The number of hydrogen-bond donors (Lipinski definition) is 0. The number of nitriles is 1. The van der Waals surface area contributed by atoms with E-state index in [1.165, 1.54) is 0 Å². The molecule has 1 heterocycles. The third-order valence-corrected chi connectivity index (χ3v) is 1.98. The zero-order valence-electron chi connectivity index (χ0n) is 9.48. The molecule has 0 aromatic carbocycles. The largest absolute Gasteiger partial charge is 0.379 e. The van der Waals surface area contributed by atoms with Crippen LogP contribution in [0.25, 0.3) is 0 Å². The van der Waals surface area contributed by atoms with E-state index in [1.54, 1.807) is 12.3 Å². The molecule has 0 saturated heterocycles. The second kappa shape index (κ2) is 7.80. The van der Waals surface area contributed by atoms with Gasteiger partial charge in [0.05, 0.1) is 19.8 Å². The van der Waals surface area contributed by atoms with Crippen LogP contribution in [-0.2, 0) is 16.1 Å². The summed E-state index contributed by atoms with van der Waals surface area (Å²) < 4.78 is 10.7.